The van der Waals surface area contributed by atoms with Gasteiger partial charge in [-0.3, -0.25) is 0 Å². The molecule has 0 radical (unpaired) electrons. The highest BCUT2D eigenvalue weighted by Gasteiger charge is 2.23. The van der Waals surface area contributed by atoms with Gasteiger partial charge in [0.1, 0.15) is 11.2 Å². The average Bonchev–Trinajstić information content (AvgIpc) is 3.97. The smallest absolute Gasteiger partial charge is 0.164 e. The van der Waals surface area contributed by atoms with E-state index in [0.717, 1.165) is 71.5 Å². The van der Waals surface area contributed by atoms with E-state index in [1.807, 2.05) is 12.1 Å². The summed E-state index contributed by atoms with van der Waals surface area (Å²) in [6, 6.07) is 64.4. The molecule has 0 unspecified atom stereocenters. The Morgan fingerprint density at radius 2 is 1.02 bits per heavy atom. The maximum absolute atomic E-state index is 6.75. The minimum absolute atomic E-state index is 0.573. The molecule has 274 valence electrons. The van der Waals surface area contributed by atoms with Gasteiger partial charge in [0.15, 0.2) is 17.5 Å². The third kappa shape index (κ3) is 4.87. The van der Waals surface area contributed by atoms with Gasteiger partial charge in [0.25, 0.3) is 0 Å². The lowest BCUT2D eigenvalue weighted by atomic mass is 10.0. The van der Waals surface area contributed by atoms with Crippen LogP contribution in [-0.2, 0) is 0 Å². The molecule has 0 aliphatic rings. The second-order valence-electron chi connectivity index (χ2n) is 15.1. The number of thiophene rings is 1. The number of para-hydroxylation sites is 2. The van der Waals surface area contributed by atoms with Crippen molar-refractivity contribution < 1.29 is 4.42 Å². The largest absolute Gasteiger partial charge is 0.456 e. The molecule has 13 rings (SSSR count). The van der Waals surface area contributed by atoms with Crippen molar-refractivity contribution in [1.29, 1.82) is 0 Å². The van der Waals surface area contributed by atoms with Crippen LogP contribution in [0, 0.1) is 0 Å². The van der Waals surface area contributed by atoms with Gasteiger partial charge < -0.3 is 8.98 Å². The molecule has 0 amide bonds. The van der Waals surface area contributed by atoms with Crippen molar-refractivity contribution in [3.8, 4) is 39.9 Å². The first kappa shape index (κ1) is 32.4. The number of aromatic nitrogens is 4. The number of benzene rings is 9. The zero-order chi connectivity index (χ0) is 38.6. The third-order valence-electron chi connectivity index (χ3n) is 11.8. The number of furan rings is 1. The van der Waals surface area contributed by atoms with E-state index in [-0.39, 0.29) is 0 Å². The summed E-state index contributed by atoms with van der Waals surface area (Å²) < 4.78 is 11.6. The fourth-order valence-electron chi connectivity index (χ4n) is 9.18. The number of hydrogen-bond donors (Lipinski definition) is 0. The molecule has 0 saturated carbocycles. The van der Waals surface area contributed by atoms with Crippen LogP contribution in [0.15, 0.2) is 186 Å². The minimum Gasteiger partial charge on any atom is -0.456 e. The SMILES string of the molecule is c1ccc2cc3c(cc2c1)c1ccccc1n3-c1cc(-c2nc(-c3cccc4ccccc34)nc(-c3cccc4sc5ccccc5c34)n2)cc2oc3ccccc3c12. The van der Waals surface area contributed by atoms with E-state index in [0.29, 0.717) is 17.5 Å². The van der Waals surface area contributed by atoms with E-state index < -0.39 is 0 Å². The fraction of sp³-hybridized carbons (Fsp3) is 0. The molecule has 4 aromatic heterocycles. The Balaban J connectivity index is 1.15. The highest BCUT2D eigenvalue weighted by Crippen LogP contribution is 2.43. The maximum Gasteiger partial charge on any atom is 0.164 e. The molecular weight excluding hydrogens is 741 g/mol. The Kier molecular flexibility index (Phi) is 6.82. The summed E-state index contributed by atoms with van der Waals surface area (Å²) in [4.78, 5) is 16.1. The van der Waals surface area contributed by atoms with Crippen molar-refractivity contribution in [2.24, 2.45) is 0 Å². The molecule has 0 bridgehead atoms. The molecule has 0 aliphatic heterocycles. The van der Waals surface area contributed by atoms with Crippen molar-refractivity contribution in [3.05, 3.63) is 182 Å². The highest BCUT2D eigenvalue weighted by molar-refractivity contribution is 7.25. The van der Waals surface area contributed by atoms with Gasteiger partial charge >= 0.3 is 0 Å². The van der Waals surface area contributed by atoms with Gasteiger partial charge in [-0.05, 0) is 70.1 Å². The summed E-state index contributed by atoms with van der Waals surface area (Å²) in [7, 11) is 0. The van der Waals surface area contributed by atoms with Crippen LogP contribution < -0.4 is 0 Å². The van der Waals surface area contributed by atoms with Gasteiger partial charge in [0, 0.05) is 53.0 Å². The van der Waals surface area contributed by atoms with Crippen molar-refractivity contribution in [1.82, 2.24) is 19.5 Å². The lowest BCUT2D eigenvalue weighted by Gasteiger charge is -2.14. The van der Waals surface area contributed by atoms with Crippen LogP contribution in [0.2, 0.25) is 0 Å². The molecule has 0 spiro atoms. The van der Waals surface area contributed by atoms with Gasteiger partial charge in [0.2, 0.25) is 0 Å². The summed E-state index contributed by atoms with van der Waals surface area (Å²) in [5, 5.41) is 11.4. The van der Waals surface area contributed by atoms with Crippen LogP contribution in [0.4, 0.5) is 0 Å². The van der Waals surface area contributed by atoms with Gasteiger partial charge in [-0.2, -0.15) is 0 Å². The second-order valence-corrected chi connectivity index (χ2v) is 16.2. The molecule has 13 aromatic rings. The number of rotatable bonds is 4. The van der Waals surface area contributed by atoms with E-state index in [9.17, 15) is 0 Å². The van der Waals surface area contributed by atoms with Crippen LogP contribution >= 0.6 is 11.3 Å². The summed E-state index contributed by atoms with van der Waals surface area (Å²) in [5.74, 6) is 1.82. The standard InChI is InChI=1S/C53H30N4OS/c1-2-15-33-28-43-41(27-32(33)14-1)36-18-5-8-23-42(36)57(43)44-29-34(30-46-50(44)38-19-6-9-24-45(38)58-46)51-54-52(37-21-11-16-31-13-3-4-17-35(31)37)56-53(55-51)40-22-12-26-48-49(40)39-20-7-10-25-47(39)59-48/h1-30H. The molecule has 5 nitrogen and oxygen atoms in total. The molecule has 0 atom stereocenters. The van der Waals surface area contributed by atoms with Crippen molar-refractivity contribution in [2.75, 3.05) is 0 Å². The summed E-state index contributed by atoms with van der Waals surface area (Å²) in [6.07, 6.45) is 0. The maximum atomic E-state index is 6.75. The molecule has 0 fully saturated rings. The Morgan fingerprint density at radius 1 is 0.390 bits per heavy atom. The lowest BCUT2D eigenvalue weighted by molar-refractivity contribution is 0.669. The van der Waals surface area contributed by atoms with Crippen LogP contribution in [0.25, 0.3) is 125 Å². The van der Waals surface area contributed by atoms with E-state index in [1.165, 1.54) is 36.3 Å². The molecule has 0 aliphatic carbocycles. The Morgan fingerprint density at radius 3 is 1.90 bits per heavy atom. The Hall–Kier alpha value is -7.67. The first-order valence-electron chi connectivity index (χ1n) is 19.8. The van der Waals surface area contributed by atoms with Crippen molar-refractivity contribution in [3.63, 3.8) is 0 Å². The van der Waals surface area contributed by atoms with Crippen molar-refractivity contribution >= 4 is 96.8 Å². The van der Waals surface area contributed by atoms with Gasteiger partial charge in [0.05, 0.1) is 22.1 Å². The van der Waals surface area contributed by atoms with Crippen LogP contribution in [0.5, 0.6) is 0 Å². The minimum atomic E-state index is 0.573. The summed E-state index contributed by atoms with van der Waals surface area (Å²) in [6.45, 7) is 0. The molecular formula is C53H30N4OS. The zero-order valence-electron chi connectivity index (χ0n) is 31.4. The molecule has 9 aromatic carbocycles. The number of nitrogens with zero attached hydrogens (tertiary/aromatic N) is 4. The first-order valence-corrected chi connectivity index (χ1v) is 20.6. The van der Waals surface area contributed by atoms with Crippen molar-refractivity contribution in [2.45, 2.75) is 0 Å². The normalized spacial score (nSPS) is 12.1. The molecule has 4 heterocycles. The summed E-state index contributed by atoms with van der Waals surface area (Å²) >= 11 is 1.79. The topological polar surface area (TPSA) is 56.7 Å². The van der Waals surface area contributed by atoms with Gasteiger partial charge in [-0.25, -0.2) is 15.0 Å². The van der Waals surface area contributed by atoms with Crippen LogP contribution in [0.3, 0.4) is 0 Å². The monoisotopic (exact) mass is 770 g/mol. The number of hydrogen-bond acceptors (Lipinski definition) is 5. The predicted octanol–water partition coefficient (Wildman–Crippen LogP) is 14.5. The predicted molar refractivity (Wildman–Crippen MR) is 246 cm³/mol. The molecule has 6 heteroatoms. The quantitative estimate of drug-likeness (QED) is 0.179. The van der Waals surface area contributed by atoms with E-state index in [1.54, 1.807) is 11.3 Å². The highest BCUT2D eigenvalue weighted by atomic mass is 32.1. The van der Waals surface area contributed by atoms with Crippen LogP contribution in [0.1, 0.15) is 0 Å². The molecule has 0 saturated heterocycles. The Labute approximate surface area is 341 Å². The van der Waals surface area contributed by atoms with E-state index >= 15 is 0 Å². The molecule has 0 N–H and O–H groups in total. The third-order valence-corrected chi connectivity index (χ3v) is 12.9. The number of fused-ring (bicyclic) bond motifs is 11. The van der Waals surface area contributed by atoms with Gasteiger partial charge in [-0.1, -0.05) is 133 Å². The molecule has 59 heavy (non-hydrogen) atoms. The van der Waals surface area contributed by atoms with E-state index in [2.05, 4.69) is 174 Å². The van der Waals surface area contributed by atoms with Crippen LogP contribution in [-0.4, -0.2) is 19.5 Å². The average molecular weight is 771 g/mol. The van der Waals surface area contributed by atoms with Gasteiger partial charge in [-0.15, -0.1) is 11.3 Å². The lowest BCUT2D eigenvalue weighted by Crippen LogP contribution is -2.02. The van der Waals surface area contributed by atoms with E-state index in [4.69, 9.17) is 19.4 Å². The Bertz CT molecular complexity index is 3870. The second kappa shape index (κ2) is 12.4. The zero-order valence-corrected chi connectivity index (χ0v) is 32.2. The summed E-state index contributed by atoms with van der Waals surface area (Å²) in [5.41, 5.74) is 7.61. The fourth-order valence-corrected chi connectivity index (χ4v) is 10.3. The first-order chi connectivity index (χ1) is 29.2.